The fourth-order valence-corrected chi connectivity index (χ4v) is 2.92. The van der Waals surface area contributed by atoms with Crippen LogP contribution in [0.15, 0.2) is 30.7 Å². The number of amides is 1. The second-order valence-corrected chi connectivity index (χ2v) is 6.25. The maximum absolute atomic E-state index is 12.4. The Morgan fingerprint density at radius 3 is 3.12 bits per heavy atom. The van der Waals surface area contributed by atoms with Gasteiger partial charge in [-0.1, -0.05) is 11.6 Å². The van der Waals surface area contributed by atoms with E-state index in [4.69, 9.17) is 22.1 Å². The quantitative estimate of drug-likeness (QED) is 0.881. The molecule has 1 saturated heterocycles. The highest BCUT2D eigenvalue weighted by Crippen LogP contribution is 2.14. The van der Waals surface area contributed by atoms with E-state index < -0.39 is 0 Å². The molecule has 24 heavy (non-hydrogen) atoms. The Kier molecular flexibility index (Phi) is 5.32. The molecule has 0 bridgehead atoms. The Morgan fingerprint density at radius 2 is 2.38 bits per heavy atom. The lowest BCUT2D eigenvalue weighted by molar-refractivity contribution is -0.139. The van der Waals surface area contributed by atoms with E-state index >= 15 is 0 Å². The minimum Gasteiger partial charge on any atom is -0.384 e. The van der Waals surface area contributed by atoms with Crippen LogP contribution in [0.3, 0.4) is 0 Å². The van der Waals surface area contributed by atoms with Gasteiger partial charge in [0.1, 0.15) is 12.4 Å². The Bertz CT molecular complexity index is 705. The number of nitrogens with zero attached hydrogens (tertiary/aromatic N) is 4. The molecule has 3 rings (SSSR count). The van der Waals surface area contributed by atoms with E-state index in [0.717, 1.165) is 18.4 Å². The molecule has 2 aromatic rings. The number of anilines is 1. The number of hydrogen-bond donors (Lipinski definition) is 1. The Hall–Kier alpha value is -2.12. The fraction of sp³-hybridized carbons (Fsp3) is 0.438. The van der Waals surface area contributed by atoms with E-state index in [2.05, 4.69) is 10.1 Å². The second kappa shape index (κ2) is 7.63. The predicted octanol–water partition coefficient (Wildman–Crippen LogP) is 1.37. The highest BCUT2D eigenvalue weighted by atomic mass is 35.5. The van der Waals surface area contributed by atoms with Crippen molar-refractivity contribution < 1.29 is 9.53 Å². The van der Waals surface area contributed by atoms with Gasteiger partial charge in [-0.15, -0.1) is 0 Å². The summed E-state index contributed by atoms with van der Waals surface area (Å²) >= 11 is 5.82. The smallest absolute Gasteiger partial charge is 0.244 e. The Labute approximate surface area is 145 Å². The van der Waals surface area contributed by atoms with Crippen LogP contribution in [0.2, 0.25) is 5.02 Å². The minimum atomic E-state index is 0.0243. The van der Waals surface area contributed by atoms with Crippen LogP contribution in [0.1, 0.15) is 12.0 Å². The van der Waals surface area contributed by atoms with Gasteiger partial charge < -0.3 is 15.4 Å². The third-order valence-electron chi connectivity index (χ3n) is 3.99. The van der Waals surface area contributed by atoms with Gasteiger partial charge in [-0.3, -0.25) is 9.48 Å². The maximum Gasteiger partial charge on any atom is 0.244 e. The maximum atomic E-state index is 12.4. The monoisotopic (exact) mass is 349 g/mol. The van der Waals surface area contributed by atoms with Crippen molar-refractivity contribution in [2.75, 3.05) is 25.4 Å². The number of morpholine rings is 1. The van der Waals surface area contributed by atoms with E-state index in [9.17, 15) is 4.79 Å². The lowest BCUT2D eigenvalue weighted by Gasteiger charge is -2.33. The van der Waals surface area contributed by atoms with Crippen LogP contribution in [0.4, 0.5) is 5.82 Å². The number of hydrogen-bond acceptors (Lipinski definition) is 5. The zero-order chi connectivity index (χ0) is 16.9. The van der Waals surface area contributed by atoms with Gasteiger partial charge in [0.15, 0.2) is 0 Å². The zero-order valence-electron chi connectivity index (χ0n) is 13.3. The molecule has 1 unspecified atom stereocenters. The largest absolute Gasteiger partial charge is 0.384 e. The van der Waals surface area contributed by atoms with Crippen molar-refractivity contribution in [1.29, 1.82) is 0 Å². The molecule has 0 aromatic carbocycles. The lowest BCUT2D eigenvalue weighted by atomic mass is 10.1. The van der Waals surface area contributed by atoms with Crippen LogP contribution in [0.5, 0.6) is 0 Å². The summed E-state index contributed by atoms with van der Waals surface area (Å²) in [4.78, 5) is 18.2. The number of nitrogen functional groups attached to an aromatic ring is 1. The van der Waals surface area contributed by atoms with Gasteiger partial charge in [-0.2, -0.15) is 5.10 Å². The standard InChI is InChI=1S/C16H20ClN5O2/c17-13-8-20-22(9-13)11-16(23)21-5-6-24-14(10-21)2-1-12-3-4-19-15(18)7-12/h3-4,7-9,14H,1-2,5-6,10-11H2,(H2,18,19). The van der Waals surface area contributed by atoms with Crippen molar-refractivity contribution in [2.24, 2.45) is 0 Å². The number of pyridine rings is 1. The summed E-state index contributed by atoms with van der Waals surface area (Å²) in [5, 5.41) is 4.57. The zero-order valence-corrected chi connectivity index (χ0v) is 14.0. The van der Waals surface area contributed by atoms with E-state index in [1.165, 1.54) is 6.20 Å². The van der Waals surface area contributed by atoms with Gasteiger partial charge >= 0.3 is 0 Å². The van der Waals surface area contributed by atoms with Crippen molar-refractivity contribution in [3.8, 4) is 0 Å². The SMILES string of the molecule is Nc1cc(CCC2CN(C(=O)Cn3cc(Cl)cn3)CCO2)ccn1. The molecule has 1 fully saturated rings. The van der Waals surface area contributed by atoms with Gasteiger partial charge in [0.2, 0.25) is 5.91 Å². The van der Waals surface area contributed by atoms with Crippen LogP contribution in [-0.4, -0.2) is 51.4 Å². The number of rotatable bonds is 5. The van der Waals surface area contributed by atoms with Crippen molar-refractivity contribution in [2.45, 2.75) is 25.5 Å². The molecule has 8 heteroatoms. The fourth-order valence-electron chi connectivity index (χ4n) is 2.76. The number of nitrogens with two attached hydrogens (primary N) is 1. The summed E-state index contributed by atoms with van der Waals surface area (Å²) < 4.78 is 7.33. The molecular weight excluding hydrogens is 330 g/mol. The highest BCUT2D eigenvalue weighted by Gasteiger charge is 2.24. The third kappa shape index (κ3) is 4.46. The Morgan fingerprint density at radius 1 is 1.50 bits per heavy atom. The first-order valence-corrected chi connectivity index (χ1v) is 8.25. The normalized spacial score (nSPS) is 17.9. The summed E-state index contributed by atoms with van der Waals surface area (Å²) in [6.45, 7) is 1.94. The van der Waals surface area contributed by atoms with Crippen molar-refractivity contribution in [3.63, 3.8) is 0 Å². The number of carbonyl (C=O) groups is 1. The third-order valence-corrected chi connectivity index (χ3v) is 4.19. The van der Waals surface area contributed by atoms with E-state index in [1.54, 1.807) is 17.1 Å². The number of halogens is 1. The van der Waals surface area contributed by atoms with Crippen LogP contribution in [0.25, 0.3) is 0 Å². The van der Waals surface area contributed by atoms with Crippen molar-refractivity contribution >= 4 is 23.3 Å². The number of carbonyl (C=O) groups excluding carboxylic acids is 1. The van der Waals surface area contributed by atoms with Gasteiger partial charge in [-0.25, -0.2) is 4.98 Å². The molecule has 1 atom stereocenters. The average Bonchev–Trinajstić information content (AvgIpc) is 2.98. The first-order valence-electron chi connectivity index (χ1n) is 7.88. The Balaban J connectivity index is 1.51. The molecule has 0 spiro atoms. The molecule has 128 valence electrons. The first-order chi connectivity index (χ1) is 11.6. The molecule has 2 N–H and O–H groups in total. The number of ether oxygens (including phenoxy) is 1. The van der Waals surface area contributed by atoms with Gasteiger partial charge in [0, 0.05) is 25.5 Å². The van der Waals surface area contributed by atoms with Crippen molar-refractivity contribution in [1.82, 2.24) is 19.7 Å². The molecule has 0 saturated carbocycles. The van der Waals surface area contributed by atoms with E-state index in [0.29, 0.717) is 30.5 Å². The van der Waals surface area contributed by atoms with Gasteiger partial charge in [-0.05, 0) is 30.5 Å². The number of aryl methyl sites for hydroxylation is 1. The first kappa shape index (κ1) is 16.7. The highest BCUT2D eigenvalue weighted by molar-refractivity contribution is 6.30. The molecule has 3 heterocycles. The van der Waals surface area contributed by atoms with Crippen LogP contribution in [-0.2, 0) is 22.5 Å². The summed E-state index contributed by atoms with van der Waals surface area (Å²) in [5.74, 6) is 0.544. The summed E-state index contributed by atoms with van der Waals surface area (Å²) in [5.41, 5.74) is 6.82. The molecule has 0 radical (unpaired) electrons. The molecule has 2 aromatic heterocycles. The summed E-state index contributed by atoms with van der Waals surface area (Å²) in [6, 6.07) is 3.82. The summed E-state index contributed by atoms with van der Waals surface area (Å²) in [7, 11) is 0. The molecule has 1 aliphatic heterocycles. The van der Waals surface area contributed by atoms with Crippen molar-refractivity contribution in [3.05, 3.63) is 41.3 Å². The predicted molar refractivity (Wildman–Crippen MR) is 90.5 cm³/mol. The van der Waals surface area contributed by atoms with Gasteiger partial charge in [0.05, 0.1) is 23.9 Å². The number of aromatic nitrogens is 3. The molecular formula is C16H20ClN5O2. The van der Waals surface area contributed by atoms with Crippen LogP contribution in [0, 0.1) is 0 Å². The van der Waals surface area contributed by atoms with E-state index in [1.807, 2.05) is 17.0 Å². The van der Waals surface area contributed by atoms with Crippen LogP contribution >= 0.6 is 11.6 Å². The average molecular weight is 350 g/mol. The topological polar surface area (TPSA) is 86.3 Å². The molecule has 1 aliphatic rings. The minimum absolute atomic E-state index is 0.0243. The molecule has 7 nitrogen and oxygen atoms in total. The lowest BCUT2D eigenvalue weighted by Crippen LogP contribution is -2.46. The summed E-state index contributed by atoms with van der Waals surface area (Å²) in [6.07, 6.45) is 6.58. The van der Waals surface area contributed by atoms with E-state index in [-0.39, 0.29) is 18.6 Å². The molecule has 0 aliphatic carbocycles. The van der Waals surface area contributed by atoms with Gasteiger partial charge in [0.25, 0.3) is 0 Å². The molecule has 1 amide bonds. The second-order valence-electron chi connectivity index (χ2n) is 5.82. The van der Waals surface area contributed by atoms with Crippen LogP contribution < -0.4 is 5.73 Å².